The maximum atomic E-state index is 12.8. The maximum Gasteiger partial charge on any atom is 0.280 e. The van der Waals surface area contributed by atoms with Crippen molar-refractivity contribution < 1.29 is 8.78 Å². The smallest absolute Gasteiger partial charge is 0.280 e. The van der Waals surface area contributed by atoms with E-state index in [1.165, 1.54) is 17.8 Å². The summed E-state index contributed by atoms with van der Waals surface area (Å²) in [6.45, 7) is 0.436. The van der Waals surface area contributed by atoms with Gasteiger partial charge in [-0.25, -0.2) is 18.7 Å². The first-order valence-electron chi connectivity index (χ1n) is 5.60. The van der Waals surface area contributed by atoms with Gasteiger partial charge in [0, 0.05) is 25.5 Å². The third kappa shape index (κ3) is 3.48. The number of hydrogen-bond acceptors (Lipinski definition) is 5. The summed E-state index contributed by atoms with van der Waals surface area (Å²) in [7, 11) is 1.75. The number of thioether (sulfide) groups is 1. The van der Waals surface area contributed by atoms with Crippen molar-refractivity contribution in [3.8, 4) is 11.4 Å². The Hall–Kier alpha value is -1.54. The van der Waals surface area contributed by atoms with Crippen molar-refractivity contribution in [2.24, 2.45) is 12.8 Å². The van der Waals surface area contributed by atoms with E-state index < -0.39 is 6.43 Å². The molecule has 0 unspecified atom stereocenters. The molecule has 5 nitrogen and oxygen atoms in total. The number of aryl methyl sites for hydroxylation is 1. The van der Waals surface area contributed by atoms with Crippen LogP contribution >= 0.6 is 11.8 Å². The zero-order valence-electron chi connectivity index (χ0n) is 10.3. The molecule has 8 heteroatoms. The molecule has 0 amide bonds. The highest BCUT2D eigenvalue weighted by Crippen LogP contribution is 2.25. The first-order chi connectivity index (χ1) is 9.10. The molecule has 0 saturated carbocycles. The highest BCUT2D eigenvalue weighted by molar-refractivity contribution is 7.99. The number of halogens is 2. The quantitative estimate of drug-likeness (QED) is 0.671. The minimum absolute atomic E-state index is 0.295. The Morgan fingerprint density at radius 2 is 2.16 bits per heavy atom. The summed E-state index contributed by atoms with van der Waals surface area (Å²) in [5, 5.41) is 4.45. The van der Waals surface area contributed by atoms with Crippen molar-refractivity contribution in [2.75, 3.05) is 12.3 Å². The van der Waals surface area contributed by atoms with E-state index >= 15 is 0 Å². The molecule has 0 aromatic carbocycles. The van der Waals surface area contributed by atoms with Crippen molar-refractivity contribution in [1.29, 1.82) is 0 Å². The summed E-state index contributed by atoms with van der Waals surface area (Å²) < 4.78 is 27.2. The molecule has 0 aliphatic carbocycles. The van der Waals surface area contributed by atoms with Gasteiger partial charge in [-0.3, -0.25) is 4.68 Å². The predicted molar refractivity (Wildman–Crippen MR) is 69.0 cm³/mol. The summed E-state index contributed by atoms with van der Waals surface area (Å²) in [6.07, 6.45) is -0.908. The number of hydrogen-bond donors (Lipinski definition) is 1. The number of rotatable bonds is 5. The third-order valence-corrected chi connectivity index (χ3v) is 3.15. The predicted octanol–water partition coefficient (Wildman–Crippen LogP) is 1.87. The van der Waals surface area contributed by atoms with Gasteiger partial charge in [0.1, 0.15) is 11.4 Å². The van der Waals surface area contributed by atoms with Gasteiger partial charge < -0.3 is 5.73 Å². The van der Waals surface area contributed by atoms with E-state index in [9.17, 15) is 8.78 Å². The van der Waals surface area contributed by atoms with Crippen molar-refractivity contribution in [3.05, 3.63) is 24.0 Å². The van der Waals surface area contributed by atoms with Gasteiger partial charge >= 0.3 is 0 Å². The molecular formula is C11H13F2N5S. The fourth-order valence-corrected chi connectivity index (χ4v) is 2.09. The molecule has 0 aliphatic rings. The Balaban J connectivity index is 2.39. The minimum Gasteiger partial charge on any atom is -0.330 e. The molecule has 0 saturated heterocycles. The van der Waals surface area contributed by atoms with Crippen molar-refractivity contribution >= 4 is 11.8 Å². The molecule has 2 aromatic heterocycles. The number of aromatic nitrogens is 4. The number of nitrogens with two attached hydrogens (primary N) is 1. The average molecular weight is 285 g/mol. The second kappa shape index (κ2) is 6.07. The fraction of sp³-hybridized carbons (Fsp3) is 0.364. The van der Waals surface area contributed by atoms with E-state index in [1.807, 2.05) is 0 Å². The summed E-state index contributed by atoms with van der Waals surface area (Å²) in [5.74, 6) is 0.578. The average Bonchev–Trinajstić information content (AvgIpc) is 2.82. The fourth-order valence-electron chi connectivity index (χ4n) is 1.45. The molecule has 0 atom stereocenters. The molecule has 0 fully saturated rings. The Bertz CT molecular complexity index is 558. The first kappa shape index (κ1) is 13.9. The lowest BCUT2D eigenvalue weighted by Crippen LogP contribution is -2.04. The second-order valence-electron chi connectivity index (χ2n) is 3.77. The van der Waals surface area contributed by atoms with Crippen LogP contribution in [0.3, 0.4) is 0 Å². The van der Waals surface area contributed by atoms with Crippen LogP contribution in [0, 0.1) is 0 Å². The van der Waals surface area contributed by atoms with Crippen LogP contribution in [0.4, 0.5) is 8.78 Å². The molecule has 0 radical (unpaired) electrons. The van der Waals surface area contributed by atoms with Gasteiger partial charge in [-0.15, -0.1) is 0 Å². The van der Waals surface area contributed by atoms with Gasteiger partial charge in [0.15, 0.2) is 5.16 Å². The first-order valence-corrected chi connectivity index (χ1v) is 6.58. The van der Waals surface area contributed by atoms with E-state index in [-0.39, 0.29) is 5.69 Å². The van der Waals surface area contributed by atoms with Crippen LogP contribution in [-0.4, -0.2) is 32.0 Å². The molecule has 2 heterocycles. The summed E-state index contributed by atoms with van der Waals surface area (Å²) >= 11 is 1.25. The van der Waals surface area contributed by atoms with Crippen LogP contribution in [0.15, 0.2) is 23.5 Å². The Morgan fingerprint density at radius 3 is 2.74 bits per heavy atom. The lowest BCUT2D eigenvalue weighted by atomic mass is 10.2. The Morgan fingerprint density at radius 1 is 1.37 bits per heavy atom. The summed E-state index contributed by atoms with van der Waals surface area (Å²) in [6, 6.07) is 2.98. The van der Waals surface area contributed by atoms with Gasteiger partial charge in [-0.05, 0) is 12.1 Å². The van der Waals surface area contributed by atoms with E-state index in [2.05, 4.69) is 15.1 Å². The van der Waals surface area contributed by atoms with Gasteiger partial charge in [0.25, 0.3) is 6.43 Å². The van der Waals surface area contributed by atoms with E-state index in [0.717, 1.165) is 0 Å². The molecule has 0 bridgehead atoms. The van der Waals surface area contributed by atoms with E-state index in [4.69, 9.17) is 5.73 Å². The number of nitrogens with zero attached hydrogens (tertiary/aromatic N) is 4. The van der Waals surface area contributed by atoms with Gasteiger partial charge in [0.05, 0.1) is 5.69 Å². The molecule has 102 valence electrons. The van der Waals surface area contributed by atoms with Gasteiger partial charge in [-0.2, -0.15) is 5.10 Å². The number of alkyl halides is 2. The van der Waals surface area contributed by atoms with Crippen LogP contribution < -0.4 is 5.73 Å². The lowest BCUT2D eigenvalue weighted by molar-refractivity contribution is 0.145. The van der Waals surface area contributed by atoms with Crippen LogP contribution in [0.2, 0.25) is 0 Å². The maximum absolute atomic E-state index is 12.8. The largest absolute Gasteiger partial charge is 0.330 e. The van der Waals surface area contributed by atoms with Gasteiger partial charge in [0.2, 0.25) is 0 Å². The minimum atomic E-state index is -2.64. The third-order valence-electron chi connectivity index (χ3n) is 2.27. The Labute approximate surface area is 113 Å². The molecule has 0 spiro atoms. The normalized spacial score (nSPS) is 11.2. The van der Waals surface area contributed by atoms with Gasteiger partial charge in [-0.1, -0.05) is 11.8 Å². The van der Waals surface area contributed by atoms with Crippen molar-refractivity contribution in [3.63, 3.8) is 0 Å². The topological polar surface area (TPSA) is 69.6 Å². The summed E-state index contributed by atoms with van der Waals surface area (Å²) in [5.41, 5.74) is 6.03. The Kier molecular flexibility index (Phi) is 4.43. The van der Waals surface area contributed by atoms with Crippen LogP contribution in [0.1, 0.15) is 12.1 Å². The molecule has 2 N–H and O–H groups in total. The van der Waals surface area contributed by atoms with E-state index in [0.29, 0.717) is 28.8 Å². The highest BCUT2D eigenvalue weighted by atomic mass is 32.2. The SMILES string of the molecule is Cn1ccc(-c2cc(C(F)F)nc(SCCN)n2)n1. The van der Waals surface area contributed by atoms with Crippen LogP contribution in [0.25, 0.3) is 11.4 Å². The summed E-state index contributed by atoms with van der Waals surface area (Å²) in [4.78, 5) is 8.04. The lowest BCUT2D eigenvalue weighted by Gasteiger charge is -2.05. The molecular weight excluding hydrogens is 272 g/mol. The van der Waals surface area contributed by atoms with E-state index in [1.54, 1.807) is 24.0 Å². The molecule has 2 rings (SSSR count). The standard InChI is InChI=1S/C11H13F2N5S/c1-18-4-2-7(17-18)8-6-9(10(12)13)16-11(15-8)19-5-3-14/h2,4,6,10H,3,5,14H2,1H3. The van der Waals surface area contributed by atoms with Crippen molar-refractivity contribution in [1.82, 2.24) is 19.7 Å². The zero-order chi connectivity index (χ0) is 13.8. The van der Waals surface area contributed by atoms with Crippen LogP contribution in [-0.2, 0) is 7.05 Å². The molecule has 2 aromatic rings. The highest BCUT2D eigenvalue weighted by Gasteiger charge is 2.15. The molecule has 0 aliphatic heterocycles. The zero-order valence-corrected chi connectivity index (χ0v) is 11.1. The monoisotopic (exact) mass is 285 g/mol. The molecule has 19 heavy (non-hydrogen) atoms. The van der Waals surface area contributed by atoms with Crippen molar-refractivity contribution in [2.45, 2.75) is 11.6 Å². The second-order valence-corrected chi connectivity index (χ2v) is 4.84. The van der Waals surface area contributed by atoms with Crippen LogP contribution in [0.5, 0.6) is 0 Å².